The molecule has 0 aliphatic rings. The van der Waals surface area contributed by atoms with Gasteiger partial charge < -0.3 is 5.11 Å². The molecule has 3 aromatic carbocycles. The van der Waals surface area contributed by atoms with Gasteiger partial charge in [-0.2, -0.15) is 26.3 Å². The minimum Gasteiger partial charge on any atom is -0.506 e. The van der Waals surface area contributed by atoms with E-state index in [1.165, 1.54) is 44.4 Å². The summed E-state index contributed by atoms with van der Waals surface area (Å²) in [4.78, 5) is -0.878. The van der Waals surface area contributed by atoms with E-state index in [4.69, 9.17) is 4.55 Å². The number of hydrogen-bond acceptors (Lipinski definition) is 9. The molecular formula is C22H27N5NaO8S3+. The van der Waals surface area contributed by atoms with Gasteiger partial charge in [0.05, 0.1) is 22.0 Å². The first-order valence-corrected chi connectivity index (χ1v) is 15.2. The molecule has 0 saturated heterocycles. The summed E-state index contributed by atoms with van der Waals surface area (Å²) < 4.78 is 88.8. The molecule has 0 saturated carbocycles. The molecule has 13 nitrogen and oxygen atoms in total. The maximum absolute atomic E-state index is 13.1. The zero-order chi connectivity index (χ0) is 28.7. The van der Waals surface area contributed by atoms with Gasteiger partial charge in [0.25, 0.3) is 10.1 Å². The molecule has 0 atom stereocenters. The van der Waals surface area contributed by atoms with E-state index in [1.807, 2.05) is 0 Å². The van der Waals surface area contributed by atoms with Gasteiger partial charge in [-0.15, -0.1) is 5.11 Å². The molecule has 0 aliphatic heterocycles. The van der Waals surface area contributed by atoms with E-state index < -0.39 is 46.5 Å². The third kappa shape index (κ3) is 7.96. The van der Waals surface area contributed by atoms with Crippen molar-refractivity contribution in [2.24, 2.45) is 10.2 Å². The molecule has 0 bridgehead atoms. The first-order valence-electron chi connectivity index (χ1n) is 10.8. The molecule has 4 N–H and O–H groups in total. The number of hydrogen-bond donors (Lipinski definition) is 4. The number of rotatable bonds is 8. The Kier molecular flexibility index (Phi) is 9.97. The summed E-state index contributed by atoms with van der Waals surface area (Å²) in [5.41, 5.74) is -0.861. The number of anilines is 1. The Morgan fingerprint density at radius 3 is 2.00 bits per heavy atom. The molecule has 0 aliphatic carbocycles. The van der Waals surface area contributed by atoms with Crippen LogP contribution < -0.4 is 39.0 Å². The van der Waals surface area contributed by atoms with Crippen molar-refractivity contribution >= 4 is 58.2 Å². The molecule has 17 heteroatoms. The van der Waals surface area contributed by atoms with Crippen molar-refractivity contribution in [3.63, 3.8) is 0 Å². The van der Waals surface area contributed by atoms with Gasteiger partial charge in [-0.25, -0.2) is 13.1 Å². The fraction of sp³-hybridized carbons (Fsp3) is 0.273. The molecule has 3 aromatic rings. The fourth-order valence-corrected chi connectivity index (χ4v) is 5.93. The van der Waals surface area contributed by atoms with Crippen molar-refractivity contribution in [1.29, 1.82) is 0 Å². The Morgan fingerprint density at radius 1 is 0.897 bits per heavy atom. The van der Waals surface area contributed by atoms with Gasteiger partial charge in [-0.05, 0) is 57.2 Å². The normalized spacial score (nSPS) is 13.1. The zero-order valence-electron chi connectivity index (χ0n) is 22.0. The van der Waals surface area contributed by atoms with Gasteiger partial charge in [-0.1, -0.05) is 12.1 Å². The van der Waals surface area contributed by atoms with Crippen LogP contribution in [0.15, 0.2) is 68.6 Å². The van der Waals surface area contributed by atoms with Crippen LogP contribution in [0.4, 0.5) is 17.1 Å². The maximum Gasteiger partial charge on any atom is 1.00 e. The Morgan fingerprint density at radius 2 is 1.49 bits per heavy atom. The van der Waals surface area contributed by atoms with Gasteiger partial charge in [0.1, 0.15) is 10.6 Å². The van der Waals surface area contributed by atoms with Crippen molar-refractivity contribution < 1.29 is 64.5 Å². The Hall–Kier alpha value is -2.15. The number of benzene rings is 3. The fourth-order valence-electron chi connectivity index (χ4n) is 3.28. The summed E-state index contributed by atoms with van der Waals surface area (Å²) in [6, 6.07) is 9.98. The van der Waals surface area contributed by atoms with E-state index in [1.54, 1.807) is 20.8 Å². The van der Waals surface area contributed by atoms with Crippen LogP contribution in [0.3, 0.4) is 0 Å². The average molecular weight is 609 g/mol. The molecule has 39 heavy (non-hydrogen) atoms. The van der Waals surface area contributed by atoms with E-state index in [9.17, 15) is 30.4 Å². The third-order valence-corrected chi connectivity index (χ3v) is 9.01. The van der Waals surface area contributed by atoms with Gasteiger partial charge in [0.15, 0.2) is 0 Å². The van der Waals surface area contributed by atoms with Crippen LogP contribution >= 0.6 is 0 Å². The third-order valence-electron chi connectivity index (χ3n) is 4.93. The molecule has 0 spiro atoms. The van der Waals surface area contributed by atoms with Crippen LogP contribution in [0.25, 0.3) is 10.8 Å². The predicted octanol–water partition coefficient (Wildman–Crippen LogP) is 0.507. The summed E-state index contributed by atoms with van der Waals surface area (Å²) in [5, 5.41) is 19.1. The van der Waals surface area contributed by atoms with E-state index in [0.717, 1.165) is 22.5 Å². The SMILES string of the molecule is CN(C)S(=O)(=O)Nc1cccc2c(O)c(S(=O)(=O)NC(C)(C)C)cc(N=Nc3ccc(S(=O)(=O)O)cc3)c12.[Na+]. The monoisotopic (exact) mass is 608 g/mol. The predicted molar refractivity (Wildman–Crippen MR) is 142 cm³/mol. The molecule has 0 amide bonds. The first kappa shape index (κ1) is 33.1. The maximum atomic E-state index is 13.1. The van der Waals surface area contributed by atoms with Crippen molar-refractivity contribution in [3.8, 4) is 5.75 Å². The van der Waals surface area contributed by atoms with Crippen LogP contribution in [0.2, 0.25) is 0 Å². The van der Waals surface area contributed by atoms with Crippen LogP contribution in [0, 0.1) is 0 Å². The topological polar surface area (TPSA) is 195 Å². The molecule has 0 heterocycles. The smallest absolute Gasteiger partial charge is 0.506 e. The van der Waals surface area contributed by atoms with Crippen LogP contribution in [0.5, 0.6) is 5.75 Å². The molecule has 206 valence electrons. The molecular weight excluding hydrogens is 581 g/mol. The Bertz CT molecular complexity index is 1730. The number of nitrogens with zero attached hydrogens (tertiary/aromatic N) is 3. The van der Waals surface area contributed by atoms with Gasteiger partial charge in [0.2, 0.25) is 10.0 Å². The number of phenols is 1. The second-order valence-corrected chi connectivity index (χ2v) is 14.3. The number of nitrogens with one attached hydrogen (secondary N) is 2. The first-order chi connectivity index (χ1) is 17.3. The number of sulfonamides is 1. The van der Waals surface area contributed by atoms with Crippen LogP contribution in [-0.4, -0.2) is 58.9 Å². The number of azo groups is 1. The Labute approximate surface area is 249 Å². The summed E-state index contributed by atoms with van der Waals surface area (Å²) >= 11 is 0. The summed E-state index contributed by atoms with van der Waals surface area (Å²) in [6.07, 6.45) is 0. The summed E-state index contributed by atoms with van der Waals surface area (Å²) in [5.74, 6) is -0.626. The van der Waals surface area contributed by atoms with Crippen LogP contribution in [0.1, 0.15) is 20.8 Å². The minimum atomic E-state index is -4.43. The average Bonchev–Trinajstić information content (AvgIpc) is 2.76. The van der Waals surface area contributed by atoms with Crippen molar-refractivity contribution in [2.75, 3.05) is 18.8 Å². The van der Waals surface area contributed by atoms with E-state index in [-0.39, 0.29) is 62.3 Å². The van der Waals surface area contributed by atoms with Gasteiger partial charge >= 0.3 is 39.8 Å². The van der Waals surface area contributed by atoms with Gasteiger partial charge in [0, 0.05) is 30.4 Å². The summed E-state index contributed by atoms with van der Waals surface area (Å²) in [6.45, 7) is 4.86. The van der Waals surface area contributed by atoms with E-state index in [2.05, 4.69) is 19.7 Å². The van der Waals surface area contributed by atoms with E-state index in [0.29, 0.717) is 0 Å². The second-order valence-electron chi connectivity index (χ2n) is 9.38. The van der Waals surface area contributed by atoms with Crippen molar-refractivity contribution in [3.05, 3.63) is 48.5 Å². The molecule has 0 fully saturated rings. The standard InChI is InChI=1S/C22H27N5O8S3.Na/c1-22(2,3)26-36(29,30)19-13-18(24-23-14-9-11-15(12-10-14)37(31,32)33)20-16(21(19)28)7-6-8-17(20)25-38(34,35)27(4)5;/h6-13,25-26,28H,1-5H3,(H,31,32,33);/q;+1. The molecule has 3 rings (SSSR count). The number of aromatic hydroxyl groups is 1. The number of phenolic OH excluding ortho intramolecular Hbond substituents is 1. The Balaban J connectivity index is 0.00000533. The molecule has 0 aromatic heterocycles. The van der Waals surface area contributed by atoms with Crippen molar-refractivity contribution in [2.45, 2.75) is 36.1 Å². The van der Waals surface area contributed by atoms with E-state index >= 15 is 0 Å². The number of fused-ring (bicyclic) bond motifs is 1. The molecule has 0 radical (unpaired) electrons. The quantitative estimate of drug-likeness (QED) is 0.161. The molecule has 0 unspecified atom stereocenters. The van der Waals surface area contributed by atoms with Gasteiger partial charge in [-0.3, -0.25) is 9.27 Å². The zero-order valence-corrected chi connectivity index (χ0v) is 26.5. The van der Waals surface area contributed by atoms with Crippen LogP contribution in [-0.2, 0) is 30.4 Å². The minimum absolute atomic E-state index is 0. The van der Waals surface area contributed by atoms with Crippen molar-refractivity contribution in [1.82, 2.24) is 9.03 Å². The second kappa shape index (κ2) is 11.8. The largest absolute Gasteiger partial charge is 1.00 e. The summed E-state index contributed by atoms with van der Waals surface area (Å²) in [7, 11) is -10.1.